The van der Waals surface area contributed by atoms with Crippen LogP contribution < -0.4 is 5.32 Å². The van der Waals surface area contributed by atoms with E-state index in [1.54, 1.807) is 0 Å². The number of hydrogen-bond acceptors (Lipinski definition) is 6. The normalized spacial score (nSPS) is 10.8. The first kappa shape index (κ1) is 14.8. The smallest absolute Gasteiger partial charge is 0.354 e. The van der Waals surface area contributed by atoms with Gasteiger partial charge in [-0.3, -0.25) is 0 Å². The summed E-state index contributed by atoms with van der Waals surface area (Å²) >= 11 is 5.87. The van der Waals surface area contributed by atoms with Crippen molar-refractivity contribution in [3.63, 3.8) is 0 Å². The average Bonchev–Trinajstić information content (AvgIpc) is 2.39. The summed E-state index contributed by atoms with van der Waals surface area (Å²) in [6.07, 6.45) is 0.940. The predicted octanol–water partition coefficient (Wildman–Crippen LogP) is 1.69. The van der Waals surface area contributed by atoms with Gasteiger partial charge in [-0.1, -0.05) is 11.6 Å². The summed E-state index contributed by atoms with van der Waals surface area (Å²) < 4.78 is 8.95. The first-order valence-corrected chi connectivity index (χ1v) is 5.49. The van der Waals surface area contributed by atoms with Crippen LogP contribution in [0.2, 0.25) is 5.02 Å². The summed E-state index contributed by atoms with van der Waals surface area (Å²) in [7, 11) is 2.36. The van der Waals surface area contributed by atoms with Crippen molar-refractivity contribution >= 4 is 29.2 Å². The maximum Gasteiger partial charge on any atom is 0.354 e. The number of aromatic hydroxyl groups is 1. The van der Waals surface area contributed by atoms with Crippen LogP contribution in [0.15, 0.2) is 30.0 Å². The Morgan fingerprint density at radius 1 is 1.32 bits per heavy atom. The number of ether oxygens (including phenoxy) is 2. The first-order chi connectivity index (χ1) is 8.97. The second-order valence-electron chi connectivity index (χ2n) is 3.36. The van der Waals surface area contributed by atoms with Crippen LogP contribution in [-0.2, 0) is 19.1 Å². The topological polar surface area (TPSA) is 84.9 Å². The Kier molecular flexibility index (Phi) is 5.20. The molecule has 0 bridgehead atoms. The molecule has 2 N–H and O–H groups in total. The predicted molar refractivity (Wildman–Crippen MR) is 68.9 cm³/mol. The number of carbonyl (C=O) groups is 2. The second-order valence-corrected chi connectivity index (χ2v) is 3.77. The van der Waals surface area contributed by atoms with Crippen LogP contribution in [-0.4, -0.2) is 31.3 Å². The fourth-order valence-electron chi connectivity index (χ4n) is 1.18. The van der Waals surface area contributed by atoms with E-state index in [-0.39, 0.29) is 16.5 Å². The minimum atomic E-state index is -0.755. The molecule has 0 fully saturated rings. The Morgan fingerprint density at radius 3 is 2.53 bits per heavy atom. The number of halogens is 1. The third kappa shape index (κ3) is 4.18. The largest absolute Gasteiger partial charge is 0.508 e. The van der Waals surface area contributed by atoms with E-state index >= 15 is 0 Å². The number of carbonyl (C=O) groups excluding carboxylic acids is 2. The lowest BCUT2D eigenvalue weighted by Crippen LogP contribution is -2.15. The number of anilines is 1. The molecule has 0 saturated heterocycles. The van der Waals surface area contributed by atoms with E-state index in [1.165, 1.54) is 32.4 Å². The Bertz CT molecular complexity index is 527. The van der Waals surface area contributed by atoms with Gasteiger partial charge < -0.3 is 19.9 Å². The van der Waals surface area contributed by atoms with E-state index < -0.39 is 11.9 Å². The number of phenols is 1. The van der Waals surface area contributed by atoms with Gasteiger partial charge in [-0.2, -0.15) is 0 Å². The molecule has 0 aliphatic heterocycles. The van der Waals surface area contributed by atoms with Gasteiger partial charge >= 0.3 is 11.9 Å². The third-order valence-electron chi connectivity index (χ3n) is 2.09. The molecule has 1 aromatic rings. The summed E-state index contributed by atoms with van der Waals surface area (Å²) in [5.74, 6) is -1.50. The maximum absolute atomic E-state index is 11.5. The van der Waals surface area contributed by atoms with Crippen LogP contribution in [0.5, 0.6) is 5.75 Å². The summed E-state index contributed by atoms with van der Waals surface area (Å²) in [6, 6.07) is 4.11. The van der Waals surface area contributed by atoms with Gasteiger partial charge in [-0.05, 0) is 12.1 Å². The first-order valence-electron chi connectivity index (χ1n) is 5.11. The molecule has 102 valence electrons. The van der Waals surface area contributed by atoms with Gasteiger partial charge in [0, 0.05) is 6.07 Å². The lowest BCUT2D eigenvalue weighted by Gasteiger charge is -2.10. The number of nitrogens with one attached hydrogen (secondary N) is 1. The van der Waals surface area contributed by atoms with Crippen LogP contribution in [0.1, 0.15) is 0 Å². The molecule has 0 unspecified atom stereocenters. The minimum Gasteiger partial charge on any atom is -0.508 e. The number of hydrogen-bond donors (Lipinski definition) is 2. The second kappa shape index (κ2) is 6.65. The summed E-state index contributed by atoms with van der Waals surface area (Å²) in [6.45, 7) is 0. The molecule has 0 atom stereocenters. The van der Waals surface area contributed by atoms with Gasteiger partial charge in [0.2, 0.25) is 0 Å². The highest BCUT2D eigenvalue weighted by atomic mass is 35.5. The molecule has 1 aromatic carbocycles. The highest BCUT2D eigenvalue weighted by Crippen LogP contribution is 2.27. The molecule has 0 spiro atoms. The molecule has 0 saturated carbocycles. The average molecular weight is 286 g/mol. The standard InChI is InChI=1S/C12H12ClNO5/c1-18-11(16)6-10(12(17)19-2)14-9-4-3-7(15)5-8(9)13/h3-6,14-15H,1-2H3/b10-6+. The zero-order chi connectivity index (χ0) is 14.4. The Labute approximate surface area is 114 Å². The Balaban J connectivity index is 3.04. The van der Waals surface area contributed by atoms with Crippen molar-refractivity contribution in [1.82, 2.24) is 0 Å². The van der Waals surface area contributed by atoms with Crippen molar-refractivity contribution < 1.29 is 24.2 Å². The quantitative estimate of drug-likeness (QED) is 0.497. The molecule has 1 rings (SSSR count). The Hall–Kier alpha value is -2.21. The molecular weight excluding hydrogens is 274 g/mol. The van der Waals surface area contributed by atoms with Gasteiger partial charge in [0.05, 0.1) is 31.0 Å². The van der Waals surface area contributed by atoms with Crippen molar-refractivity contribution in [3.05, 3.63) is 35.0 Å². The lowest BCUT2D eigenvalue weighted by molar-refractivity contribution is -0.138. The fourth-order valence-corrected chi connectivity index (χ4v) is 1.41. The molecule has 0 radical (unpaired) electrons. The number of esters is 2. The van der Waals surface area contributed by atoms with Gasteiger partial charge in [-0.25, -0.2) is 9.59 Å². The van der Waals surface area contributed by atoms with Crippen molar-refractivity contribution in [2.75, 3.05) is 19.5 Å². The van der Waals surface area contributed by atoms with E-state index in [0.29, 0.717) is 5.69 Å². The zero-order valence-corrected chi connectivity index (χ0v) is 11.0. The number of rotatable bonds is 4. The van der Waals surface area contributed by atoms with Crippen molar-refractivity contribution in [3.8, 4) is 5.75 Å². The summed E-state index contributed by atoms with van der Waals surface area (Å²) in [5.41, 5.74) is 0.196. The molecule has 0 aliphatic carbocycles. The van der Waals surface area contributed by atoms with Crippen LogP contribution in [0.4, 0.5) is 5.69 Å². The Morgan fingerprint density at radius 2 is 2.00 bits per heavy atom. The van der Waals surface area contributed by atoms with E-state index in [9.17, 15) is 14.7 Å². The van der Waals surface area contributed by atoms with E-state index in [4.69, 9.17) is 11.6 Å². The zero-order valence-electron chi connectivity index (χ0n) is 10.3. The van der Waals surface area contributed by atoms with Crippen molar-refractivity contribution in [2.45, 2.75) is 0 Å². The van der Waals surface area contributed by atoms with Crippen LogP contribution in [0, 0.1) is 0 Å². The van der Waals surface area contributed by atoms with E-state index in [0.717, 1.165) is 6.08 Å². The molecule has 7 heteroatoms. The maximum atomic E-state index is 11.5. The van der Waals surface area contributed by atoms with Crippen LogP contribution in [0.25, 0.3) is 0 Å². The molecule has 19 heavy (non-hydrogen) atoms. The van der Waals surface area contributed by atoms with Gasteiger partial charge in [-0.15, -0.1) is 0 Å². The van der Waals surface area contributed by atoms with Crippen molar-refractivity contribution in [1.29, 1.82) is 0 Å². The summed E-state index contributed by atoms with van der Waals surface area (Å²) in [5, 5.41) is 12.0. The van der Waals surface area contributed by atoms with Crippen LogP contribution >= 0.6 is 11.6 Å². The number of benzene rings is 1. The van der Waals surface area contributed by atoms with E-state index in [2.05, 4.69) is 14.8 Å². The number of phenolic OH excluding ortho intramolecular Hbond substituents is 1. The van der Waals surface area contributed by atoms with Gasteiger partial charge in [0.25, 0.3) is 0 Å². The third-order valence-corrected chi connectivity index (χ3v) is 2.40. The van der Waals surface area contributed by atoms with Crippen LogP contribution in [0.3, 0.4) is 0 Å². The van der Waals surface area contributed by atoms with Gasteiger partial charge in [0.15, 0.2) is 0 Å². The molecule has 0 aliphatic rings. The van der Waals surface area contributed by atoms with Gasteiger partial charge in [0.1, 0.15) is 11.4 Å². The summed E-state index contributed by atoms with van der Waals surface area (Å²) in [4.78, 5) is 22.6. The molecule has 6 nitrogen and oxygen atoms in total. The molecule has 0 heterocycles. The number of methoxy groups -OCH3 is 2. The fraction of sp³-hybridized carbons (Fsp3) is 0.167. The highest BCUT2D eigenvalue weighted by Gasteiger charge is 2.14. The SMILES string of the molecule is COC(=O)/C=C(/Nc1ccc(O)cc1Cl)C(=O)OC. The molecular formula is C12H12ClNO5. The minimum absolute atomic E-state index is 0.0212. The lowest BCUT2D eigenvalue weighted by atomic mass is 10.2. The molecule has 0 amide bonds. The molecule has 0 aromatic heterocycles. The van der Waals surface area contributed by atoms with Crippen molar-refractivity contribution in [2.24, 2.45) is 0 Å². The monoisotopic (exact) mass is 285 g/mol. The van der Waals surface area contributed by atoms with E-state index in [1.807, 2.05) is 0 Å². The highest BCUT2D eigenvalue weighted by molar-refractivity contribution is 6.33.